The molecule has 0 bridgehead atoms. The van der Waals surface area contributed by atoms with Gasteiger partial charge >= 0.3 is 5.97 Å². The van der Waals surface area contributed by atoms with Gasteiger partial charge in [0.2, 0.25) is 0 Å². The molecule has 2 rings (SSSR count). The topological polar surface area (TPSA) is 65.0 Å². The Morgan fingerprint density at radius 3 is 2.37 bits per heavy atom. The normalized spacial score (nSPS) is 12.5. The summed E-state index contributed by atoms with van der Waals surface area (Å²) in [6, 6.07) is 13.0. The number of hydrogen-bond donors (Lipinski definition) is 2. The number of ether oxygens (including phenoxy) is 3. The van der Waals surface area contributed by atoms with Gasteiger partial charge in [0.05, 0.1) is 39.0 Å². The molecule has 27 heavy (non-hydrogen) atoms. The summed E-state index contributed by atoms with van der Waals surface area (Å²) in [4.78, 5) is 12.7. The van der Waals surface area contributed by atoms with E-state index in [1.165, 1.54) is 7.11 Å². The van der Waals surface area contributed by atoms with Crippen LogP contribution in [0.2, 0.25) is 0 Å². The van der Waals surface area contributed by atoms with E-state index in [2.05, 4.69) is 12.6 Å². The smallest absolute Gasteiger partial charge is 0.314 e. The van der Waals surface area contributed by atoms with Crippen molar-refractivity contribution >= 4 is 18.6 Å². The van der Waals surface area contributed by atoms with Crippen molar-refractivity contribution in [3.63, 3.8) is 0 Å². The second kappa shape index (κ2) is 9.26. The van der Waals surface area contributed by atoms with Gasteiger partial charge in [-0.05, 0) is 54.8 Å². The van der Waals surface area contributed by atoms with Gasteiger partial charge in [-0.25, -0.2) is 0 Å². The van der Waals surface area contributed by atoms with Crippen LogP contribution in [0, 0.1) is 5.41 Å². The highest BCUT2D eigenvalue weighted by Crippen LogP contribution is 2.35. The average molecular weight is 391 g/mol. The summed E-state index contributed by atoms with van der Waals surface area (Å²) < 4.78 is 15.7. The number of esters is 1. The quantitative estimate of drug-likeness (QED) is 0.528. The van der Waals surface area contributed by atoms with Crippen LogP contribution in [-0.2, 0) is 27.5 Å². The molecule has 0 heterocycles. The summed E-state index contributed by atoms with van der Waals surface area (Å²) in [7, 11) is 2.94. The van der Waals surface area contributed by atoms with Crippen molar-refractivity contribution in [3.8, 4) is 5.75 Å². The van der Waals surface area contributed by atoms with Crippen LogP contribution in [0.25, 0.3) is 0 Å². The Kier molecular flexibility index (Phi) is 7.30. The molecule has 146 valence electrons. The maximum absolute atomic E-state index is 11.9. The number of aliphatic hydroxyl groups is 1. The molecule has 5 nitrogen and oxygen atoms in total. The molecular weight excluding hydrogens is 364 g/mol. The Hall–Kier alpha value is -2.02. The van der Waals surface area contributed by atoms with Crippen molar-refractivity contribution in [2.75, 3.05) is 14.2 Å². The highest BCUT2D eigenvalue weighted by Gasteiger charge is 2.38. The number of carbonyl (C=O) groups is 1. The van der Waals surface area contributed by atoms with Crippen LogP contribution < -0.4 is 4.74 Å². The van der Waals surface area contributed by atoms with Crippen LogP contribution >= 0.6 is 12.6 Å². The number of thiol groups is 1. The van der Waals surface area contributed by atoms with E-state index in [9.17, 15) is 9.90 Å². The Bertz CT molecular complexity index is 771. The Balaban J connectivity index is 2.06. The predicted molar refractivity (Wildman–Crippen MR) is 106 cm³/mol. The van der Waals surface area contributed by atoms with E-state index in [4.69, 9.17) is 14.2 Å². The van der Waals surface area contributed by atoms with E-state index in [0.29, 0.717) is 18.8 Å². The molecule has 6 heteroatoms. The molecule has 2 aromatic rings. The van der Waals surface area contributed by atoms with Crippen LogP contribution in [0.4, 0.5) is 0 Å². The summed E-state index contributed by atoms with van der Waals surface area (Å²) >= 11 is 4.46. The molecule has 0 fully saturated rings. The first-order valence-corrected chi connectivity index (χ1v) is 9.03. The molecule has 1 atom stereocenters. The Labute approximate surface area is 165 Å². The SMILES string of the molecule is COC(=O)C(C)(C)C(O)c1ccc(S)c(COCc2ccc(OC)cc2)c1. The summed E-state index contributed by atoms with van der Waals surface area (Å²) in [5.74, 6) is 0.327. The maximum atomic E-state index is 11.9. The van der Waals surface area contributed by atoms with Crippen molar-refractivity contribution in [2.24, 2.45) is 5.41 Å². The van der Waals surface area contributed by atoms with Crippen molar-refractivity contribution < 1.29 is 24.1 Å². The minimum absolute atomic E-state index is 0.337. The summed E-state index contributed by atoms with van der Waals surface area (Å²) in [5, 5.41) is 10.6. The number of benzene rings is 2. The summed E-state index contributed by atoms with van der Waals surface area (Å²) in [6.07, 6.45) is -1.00. The third-order valence-electron chi connectivity index (χ3n) is 4.50. The first-order valence-electron chi connectivity index (χ1n) is 8.58. The van der Waals surface area contributed by atoms with Crippen LogP contribution in [0.5, 0.6) is 5.75 Å². The molecule has 0 amide bonds. The van der Waals surface area contributed by atoms with Crippen molar-refractivity contribution in [1.82, 2.24) is 0 Å². The Morgan fingerprint density at radius 2 is 1.78 bits per heavy atom. The first kappa shape index (κ1) is 21.3. The summed E-state index contributed by atoms with van der Waals surface area (Å²) in [5.41, 5.74) is 1.42. The van der Waals surface area contributed by atoms with Crippen LogP contribution in [0.1, 0.15) is 36.6 Å². The maximum Gasteiger partial charge on any atom is 0.314 e. The second-order valence-corrected chi connectivity index (χ2v) is 7.33. The van der Waals surface area contributed by atoms with E-state index in [0.717, 1.165) is 21.8 Å². The Morgan fingerprint density at radius 1 is 1.11 bits per heavy atom. The van der Waals surface area contributed by atoms with Gasteiger partial charge in [-0.1, -0.05) is 18.2 Å². The molecule has 0 saturated carbocycles. The molecule has 1 unspecified atom stereocenters. The zero-order valence-electron chi connectivity index (χ0n) is 16.1. The first-order chi connectivity index (χ1) is 12.8. The molecule has 0 aliphatic heterocycles. The van der Waals surface area contributed by atoms with E-state index >= 15 is 0 Å². The number of hydrogen-bond acceptors (Lipinski definition) is 6. The fraction of sp³-hybridized carbons (Fsp3) is 0.381. The third kappa shape index (κ3) is 5.25. The molecule has 2 aromatic carbocycles. The molecule has 0 saturated heterocycles. The van der Waals surface area contributed by atoms with Gasteiger partial charge in [0.15, 0.2) is 0 Å². The molecule has 0 aliphatic rings. The summed E-state index contributed by atoms with van der Waals surface area (Å²) in [6.45, 7) is 4.08. The van der Waals surface area contributed by atoms with Crippen molar-refractivity contribution in [2.45, 2.75) is 38.1 Å². The highest BCUT2D eigenvalue weighted by atomic mass is 32.1. The van der Waals surface area contributed by atoms with Gasteiger partial charge in [0.1, 0.15) is 5.75 Å². The number of rotatable bonds is 8. The zero-order chi connectivity index (χ0) is 20.0. The number of carbonyl (C=O) groups excluding carboxylic acids is 1. The zero-order valence-corrected chi connectivity index (χ0v) is 17.0. The fourth-order valence-corrected chi connectivity index (χ4v) is 2.89. The van der Waals surface area contributed by atoms with Gasteiger partial charge in [-0.3, -0.25) is 4.79 Å². The molecular formula is C21H26O5S. The minimum Gasteiger partial charge on any atom is -0.497 e. The number of aliphatic hydroxyl groups excluding tert-OH is 1. The monoisotopic (exact) mass is 390 g/mol. The lowest BCUT2D eigenvalue weighted by Gasteiger charge is -2.28. The van der Waals surface area contributed by atoms with E-state index in [1.54, 1.807) is 33.1 Å². The third-order valence-corrected chi connectivity index (χ3v) is 4.94. The molecule has 0 radical (unpaired) electrons. The van der Waals surface area contributed by atoms with Crippen LogP contribution in [-0.4, -0.2) is 25.3 Å². The standard InChI is InChI=1S/C21H26O5S/c1-21(2,20(23)25-4)19(22)15-7-10-18(27)16(11-15)13-26-12-14-5-8-17(24-3)9-6-14/h5-11,19,22,27H,12-13H2,1-4H3. The van der Waals surface area contributed by atoms with Gasteiger partial charge in [0, 0.05) is 4.90 Å². The van der Waals surface area contributed by atoms with Gasteiger partial charge in [-0.15, -0.1) is 12.6 Å². The van der Waals surface area contributed by atoms with Gasteiger partial charge in [-0.2, -0.15) is 0 Å². The second-order valence-electron chi connectivity index (χ2n) is 6.84. The van der Waals surface area contributed by atoms with Crippen LogP contribution in [0.15, 0.2) is 47.4 Å². The van der Waals surface area contributed by atoms with E-state index in [-0.39, 0.29) is 0 Å². The lowest BCUT2D eigenvalue weighted by molar-refractivity contribution is -0.157. The molecule has 0 aliphatic carbocycles. The van der Waals surface area contributed by atoms with Crippen molar-refractivity contribution in [3.05, 3.63) is 59.2 Å². The fourth-order valence-electron chi connectivity index (χ4n) is 2.68. The van der Waals surface area contributed by atoms with Crippen molar-refractivity contribution in [1.29, 1.82) is 0 Å². The molecule has 1 N–H and O–H groups in total. The van der Waals surface area contributed by atoms with E-state index in [1.807, 2.05) is 30.3 Å². The highest BCUT2D eigenvalue weighted by molar-refractivity contribution is 7.80. The minimum atomic E-state index is -1.06. The number of methoxy groups -OCH3 is 2. The largest absolute Gasteiger partial charge is 0.497 e. The predicted octanol–water partition coefficient (Wildman–Crippen LogP) is 3.93. The lowest BCUT2D eigenvalue weighted by atomic mass is 9.82. The molecule has 0 aromatic heterocycles. The molecule has 0 spiro atoms. The lowest BCUT2D eigenvalue weighted by Crippen LogP contribution is -2.32. The van der Waals surface area contributed by atoms with Crippen LogP contribution in [0.3, 0.4) is 0 Å². The van der Waals surface area contributed by atoms with Gasteiger partial charge < -0.3 is 19.3 Å². The average Bonchev–Trinajstić information content (AvgIpc) is 2.68. The van der Waals surface area contributed by atoms with Gasteiger partial charge in [0.25, 0.3) is 0 Å². The van der Waals surface area contributed by atoms with E-state index < -0.39 is 17.5 Å².